The van der Waals surface area contributed by atoms with Crippen LogP contribution in [0.25, 0.3) is 10.9 Å². The number of aromatic nitrogens is 3. The highest BCUT2D eigenvalue weighted by molar-refractivity contribution is 5.81. The van der Waals surface area contributed by atoms with Crippen molar-refractivity contribution in [3.63, 3.8) is 0 Å². The lowest BCUT2D eigenvalue weighted by molar-refractivity contribution is 0.766. The zero-order valence-corrected chi connectivity index (χ0v) is 13.2. The molecule has 3 aromatic rings. The summed E-state index contributed by atoms with van der Waals surface area (Å²) in [5, 5.41) is 4.55. The second-order valence-electron chi connectivity index (χ2n) is 5.75. The van der Waals surface area contributed by atoms with Crippen molar-refractivity contribution >= 4 is 16.7 Å². The average molecular weight is 292 g/mol. The van der Waals surface area contributed by atoms with E-state index in [0.717, 1.165) is 28.2 Å². The topological polar surface area (TPSA) is 50.7 Å². The van der Waals surface area contributed by atoms with E-state index >= 15 is 0 Å². The first-order chi connectivity index (χ1) is 10.6. The molecule has 0 atom stereocenters. The predicted molar refractivity (Wildman–Crippen MR) is 89.9 cm³/mol. The summed E-state index contributed by atoms with van der Waals surface area (Å²) < 4.78 is 0. The summed E-state index contributed by atoms with van der Waals surface area (Å²) in [4.78, 5) is 13.5. The maximum Gasteiger partial charge on any atom is 0.133 e. The van der Waals surface area contributed by atoms with Gasteiger partial charge in [0.1, 0.15) is 11.6 Å². The number of nitrogens with one attached hydrogen (secondary N) is 1. The van der Waals surface area contributed by atoms with Gasteiger partial charge in [0, 0.05) is 35.8 Å². The number of benzene rings is 1. The van der Waals surface area contributed by atoms with Crippen molar-refractivity contribution in [2.24, 2.45) is 0 Å². The molecule has 2 heterocycles. The first kappa shape index (κ1) is 14.4. The fourth-order valence-electron chi connectivity index (χ4n) is 2.44. The van der Waals surface area contributed by atoms with Crippen LogP contribution in [0.1, 0.15) is 36.8 Å². The Balaban J connectivity index is 1.85. The van der Waals surface area contributed by atoms with Crippen molar-refractivity contribution in [1.29, 1.82) is 0 Å². The highest BCUT2D eigenvalue weighted by atomic mass is 15.0. The van der Waals surface area contributed by atoms with E-state index in [-0.39, 0.29) is 0 Å². The number of aryl methyl sites for hydroxylation is 1. The maximum absolute atomic E-state index is 4.59. The lowest BCUT2D eigenvalue weighted by atomic mass is 10.1. The molecule has 4 nitrogen and oxygen atoms in total. The minimum absolute atomic E-state index is 0.319. The first-order valence-corrected chi connectivity index (χ1v) is 7.55. The Morgan fingerprint density at radius 1 is 1.09 bits per heavy atom. The maximum atomic E-state index is 4.59. The highest BCUT2D eigenvalue weighted by Crippen LogP contribution is 2.18. The van der Waals surface area contributed by atoms with Gasteiger partial charge in [-0.1, -0.05) is 38.1 Å². The molecule has 0 saturated heterocycles. The van der Waals surface area contributed by atoms with Crippen LogP contribution in [0.2, 0.25) is 0 Å². The van der Waals surface area contributed by atoms with E-state index in [2.05, 4.69) is 58.4 Å². The van der Waals surface area contributed by atoms with Crippen molar-refractivity contribution in [2.45, 2.75) is 33.2 Å². The first-order valence-electron chi connectivity index (χ1n) is 7.55. The Labute approximate surface area is 130 Å². The van der Waals surface area contributed by atoms with Gasteiger partial charge in [0.05, 0.1) is 5.52 Å². The zero-order valence-electron chi connectivity index (χ0n) is 13.2. The number of pyridine rings is 1. The van der Waals surface area contributed by atoms with Gasteiger partial charge in [-0.25, -0.2) is 9.97 Å². The Bertz CT molecular complexity index is 791. The summed E-state index contributed by atoms with van der Waals surface area (Å²) in [7, 11) is 0. The molecule has 0 fully saturated rings. The van der Waals surface area contributed by atoms with E-state index in [4.69, 9.17) is 0 Å². The van der Waals surface area contributed by atoms with E-state index in [9.17, 15) is 0 Å². The van der Waals surface area contributed by atoms with Crippen LogP contribution in [0.4, 0.5) is 5.82 Å². The van der Waals surface area contributed by atoms with Crippen LogP contribution in [-0.4, -0.2) is 15.0 Å². The van der Waals surface area contributed by atoms with Crippen LogP contribution in [0.15, 0.2) is 42.6 Å². The Morgan fingerprint density at radius 3 is 2.73 bits per heavy atom. The predicted octanol–water partition coefficient (Wildman–Crippen LogP) is 4.07. The highest BCUT2D eigenvalue weighted by Gasteiger charge is 2.07. The van der Waals surface area contributed by atoms with Crippen molar-refractivity contribution in [2.75, 3.05) is 5.32 Å². The van der Waals surface area contributed by atoms with Crippen LogP contribution < -0.4 is 5.32 Å². The normalized spacial score (nSPS) is 11.1. The van der Waals surface area contributed by atoms with Crippen molar-refractivity contribution in [3.05, 3.63) is 59.7 Å². The number of hydrogen-bond acceptors (Lipinski definition) is 4. The van der Waals surface area contributed by atoms with Crippen LogP contribution in [-0.2, 0) is 6.54 Å². The average Bonchev–Trinajstić information content (AvgIpc) is 2.52. The van der Waals surface area contributed by atoms with Crippen LogP contribution in [0, 0.1) is 6.92 Å². The van der Waals surface area contributed by atoms with Crippen molar-refractivity contribution in [3.8, 4) is 0 Å². The molecule has 0 amide bonds. The van der Waals surface area contributed by atoms with Crippen molar-refractivity contribution < 1.29 is 0 Å². The molecule has 1 aromatic carbocycles. The van der Waals surface area contributed by atoms with Crippen molar-refractivity contribution in [1.82, 2.24) is 15.0 Å². The fraction of sp³-hybridized carbons (Fsp3) is 0.278. The number of fused-ring (bicyclic) bond motifs is 1. The summed E-state index contributed by atoms with van der Waals surface area (Å²) in [6.07, 6.45) is 1.83. The smallest absolute Gasteiger partial charge is 0.133 e. The number of anilines is 1. The summed E-state index contributed by atoms with van der Waals surface area (Å²) in [6, 6.07) is 12.3. The van der Waals surface area contributed by atoms with Gasteiger partial charge in [-0.3, -0.25) is 4.98 Å². The van der Waals surface area contributed by atoms with Gasteiger partial charge in [-0.05, 0) is 18.6 Å². The molecule has 112 valence electrons. The molecule has 0 radical (unpaired) electrons. The molecule has 0 aliphatic carbocycles. The number of hydrogen-bond donors (Lipinski definition) is 1. The second-order valence-corrected chi connectivity index (χ2v) is 5.75. The SMILES string of the molecule is Cc1cc(NCc2cccc3cccnc23)nc(C(C)C)n1. The molecule has 0 aliphatic heterocycles. The second kappa shape index (κ2) is 6.10. The van der Waals surface area contributed by atoms with E-state index in [1.54, 1.807) is 0 Å². The molecular weight excluding hydrogens is 272 g/mol. The number of rotatable bonds is 4. The fourth-order valence-corrected chi connectivity index (χ4v) is 2.44. The molecule has 0 bridgehead atoms. The number of nitrogens with zero attached hydrogens (tertiary/aromatic N) is 3. The Kier molecular flexibility index (Phi) is 4.00. The third-order valence-corrected chi connectivity index (χ3v) is 3.56. The lowest BCUT2D eigenvalue weighted by Crippen LogP contribution is -2.07. The molecule has 0 saturated carbocycles. The van der Waals surface area contributed by atoms with Crippen LogP contribution >= 0.6 is 0 Å². The molecule has 22 heavy (non-hydrogen) atoms. The molecule has 3 rings (SSSR count). The van der Waals surface area contributed by atoms with Gasteiger partial charge in [-0.2, -0.15) is 0 Å². The van der Waals surface area contributed by atoms with E-state index in [1.165, 1.54) is 5.56 Å². The van der Waals surface area contributed by atoms with E-state index in [1.807, 2.05) is 25.3 Å². The lowest BCUT2D eigenvalue weighted by Gasteiger charge is -2.11. The van der Waals surface area contributed by atoms with Gasteiger partial charge in [-0.15, -0.1) is 0 Å². The summed E-state index contributed by atoms with van der Waals surface area (Å²) in [5.74, 6) is 2.06. The standard InChI is InChI=1S/C18H20N4/c1-12(2)18-21-13(3)10-16(22-18)20-11-15-7-4-6-14-8-5-9-19-17(14)15/h4-10,12H,11H2,1-3H3,(H,20,21,22). The van der Waals surface area contributed by atoms with Crippen LogP contribution in [0.3, 0.4) is 0 Å². The third kappa shape index (κ3) is 3.06. The zero-order chi connectivity index (χ0) is 15.5. The molecular formula is C18H20N4. The van der Waals surface area contributed by atoms with Crippen LogP contribution in [0.5, 0.6) is 0 Å². The van der Waals surface area contributed by atoms with Gasteiger partial charge in [0.25, 0.3) is 0 Å². The van der Waals surface area contributed by atoms with Gasteiger partial charge >= 0.3 is 0 Å². The largest absolute Gasteiger partial charge is 0.366 e. The molecule has 0 unspecified atom stereocenters. The van der Waals surface area contributed by atoms with Gasteiger partial charge < -0.3 is 5.32 Å². The molecule has 4 heteroatoms. The van der Waals surface area contributed by atoms with Gasteiger partial charge in [0.2, 0.25) is 0 Å². The minimum Gasteiger partial charge on any atom is -0.366 e. The number of para-hydroxylation sites is 1. The minimum atomic E-state index is 0.319. The quantitative estimate of drug-likeness (QED) is 0.787. The summed E-state index contributed by atoms with van der Waals surface area (Å²) in [6.45, 7) is 6.90. The molecule has 2 aromatic heterocycles. The molecule has 0 aliphatic rings. The summed E-state index contributed by atoms with van der Waals surface area (Å²) in [5.41, 5.74) is 3.19. The molecule has 1 N–H and O–H groups in total. The van der Waals surface area contributed by atoms with E-state index < -0.39 is 0 Å². The summed E-state index contributed by atoms with van der Waals surface area (Å²) >= 11 is 0. The Hall–Kier alpha value is -2.49. The third-order valence-electron chi connectivity index (χ3n) is 3.56. The molecule has 0 spiro atoms. The van der Waals surface area contributed by atoms with Gasteiger partial charge in [0.15, 0.2) is 0 Å². The Morgan fingerprint density at radius 2 is 1.91 bits per heavy atom. The van der Waals surface area contributed by atoms with E-state index in [0.29, 0.717) is 12.5 Å². The monoisotopic (exact) mass is 292 g/mol.